The third-order valence-corrected chi connectivity index (χ3v) is 12.3. The molecule has 32 heteroatoms. The van der Waals surface area contributed by atoms with Crippen LogP contribution in [0.4, 0.5) is 0 Å². The highest BCUT2D eigenvalue weighted by Crippen LogP contribution is 2.10. The number of H-pyrrole nitrogens is 6. The van der Waals surface area contributed by atoms with E-state index in [1.165, 1.54) is 75.1 Å². The Morgan fingerprint density at radius 3 is 1.05 bits per heavy atom. The van der Waals surface area contributed by atoms with E-state index in [-0.39, 0.29) is 38.5 Å². The first-order valence-electron chi connectivity index (χ1n) is 24.5. The molecule has 7 rings (SSSR count). The number of aliphatic hydroxyl groups is 1. The molecule has 17 N–H and O–H groups in total. The van der Waals surface area contributed by atoms with Gasteiger partial charge in [-0.25, -0.2) is 34.7 Å². The topological polar surface area (TPSA) is 474 Å². The van der Waals surface area contributed by atoms with Gasteiger partial charge in [-0.05, 0) is 19.4 Å². The number of aromatic nitrogens is 12. The molecular weight excluding hydrogens is 1020 g/mol. The number of amides is 8. The molecule has 32 nitrogen and oxygen atoms in total. The number of aliphatic hydroxyl groups excluding tert-OH is 1. The molecule has 1 aliphatic rings. The number of aromatic amines is 6. The van der Waals surface area contributed by atoms with E-state index in [9.17, 15) is 53.4 Å². The average molecular weight is 1080 g/mol. The van der Waals surface area contributed by atoms with Crippen LogP contribution in [0.15, 0.2) is 75.1 Å². The van der Waals surface area contributed by atoms with Crippen molar-refractivity contribution >= 4 is 53.2 Å². The van der Waals surface area contributed by atoms with Crippen LogP contribution >= 0.6 is 0 Å². The highest BCUT2D eigenvalue weighted by atomic mass is 16.4. The quantitative estimate of drug-likeness (QED) is 0.0200. The summed E-state index contributed by atoms with van der Waals surface area (Å²) in [5.41, 5.74) is 2.32. The third-order valence-electron chi connectivity index (χ3n) is 12.3. The van der Waals surface area contributed by atoms with Gasteiger partial charge < -0.3 is 88.0 Å². The maximum Gasteiger partial charge on any atom is 0.326 e. The SMILES string of the molecule is O=C(CNC(=O)C(CO)NC(=O)C1CCCN1)NC(Cc1cnc[nH]1)C(=O)NC(Cc1cnc[nH]1)C(=O)NC(Cc1cnc[nH]1)C(=O)NC(Cc1cnc[nH]1)C(=O)NC(Cc1cnc[nH]1)C(=O)NC(Cc1cnc[nH]1)C(=O)O. The highest BCUT2D eigenvalue weighted by molar-refractivity contribution is 5.98. The first-order valence-corrected chi connectivity index (χ1v) is 24.5. The van der Waals surface area contributed by atoms with Crippen molar-refractivity contribution in [3.8, 4) is 0 Å². The zero-order valence-corrected chi connectivity index (χ0v) is 41.6. The molecule has 0 aliphatic carbocycles. The maximum absolute atomic E-state index is 14.6. The van der Waals surface area contributed by atoms with E-state index < -0.39 is 115 Å². The van der Waals surface area contributed by atoms with Gasteiger partial charge in [-0.3, -0.25) is 38.4 Å². The van der Waals surface area contributed by atoms with E-state index in [0.29, 0.717) is 47.1 Å². The molecule has 8 amide bonds. The van der Waals surface area contributed by atoms with Crippen LogP contribution < -0.4 is 47.9 Å². The Balaban J connectivity index is 1.07. The van der Waals surface area contributed by atoms with Crippen LogP contribution in [0.3, 0.4) is 0 Å². The fraction of sp³-hybridized carbons (Fsp3) is 0.413. The largest absolute Gasteiger partial charge is 0.480 e. The normalized spacial score (nSPS) is 15.7. The van der Waals surface area contributed by atoms with Crippen molar-refractivity contribution in [2.75, 3.05) is 19.7 Å². The van der Waals surface area contributed by atoms with E-state index in [1.54, 1.807) is 0 Å². The van der Waals surface area contributed by atoms with Gasteiger partial charge in [-0.2, -0.15) is 0 Å². The second-order valence-electron chi connectivity index (χ2n) is 18.1. The Bertz CT molecular complexity index is 2870. The molecule has 0 radical (unpaired) electrons. The number of carbonyl (C=O) groups is 9. The molecule has 7 heterocycles. The number of rotatable bonds is 30. The lowest BCUT2D eigenvalue weighted by Crippen LogP contribution is -2.61. The zero-order chi connectivity index (χ0) is 55.4. The Kier molecular flexibility index (Phi) is 20.0. The van der Waals surface area contributed by atoms with Gasteiger partial charge in [0, 0.05) is 110 Å². The summed E-state index contributed by atoms with van der Waals surface area (Å²) in [6.07, 6.45) is 16.6. The molecule has 6 aromatic rings. The summed E-state index contributed by atoms with van der Waals surface area (Å²) in [5.74, 6) is -8.05. The number of carboxylic acid groups (broad SMARTS) is 1. The van der Waals surface area contributed by atoms with Gasteiger partial charge in [0.1, 0.15) is 42.3 Å². The number of hydrogen-bond acceptors (Lipinski definition) is 17. The first-order chi connectivity index (χ1) is 37.7. The molecule has 8 atom stereocenters. The maximum atomic E-state index is 14.6. The van der Waals surface area contributed by atoms with Gasteiger partial charge in [0.2, 0.25) is 47.3 Å². The molecule has 414 valence electrons. The molecule has 6 aromatic heterocycles. The number of imidazole rings is 6. The predicted molar refractivity (Wildman–Crippen MR) is 266 cm³/mol. The van der Waals surface area contributed by atoms with E-state index in [4.69, 9.17) is 0 Å². The number of aliphatic carboxylic acids is 1. The fourth-order valence-electron chi connectivity index (χ4n) is 8.22. The van der Waals surface area contributed by atoms with Crippen molar-refractivity contribution < 1.29 is 53.4 Å². The van der Waals surface area contributed by atoms with Gasteiger partial charge >= 0.3 is 5.97 Å². The summed E-state index contributed by atoms with van der Waals surface area (Å²) >= 11 is 0. The minimum atomic E-state index is -1.50. The van der Waals surface area contributed by atoms with Crippen LogP contribution in [0.25, 0.3) is 0 Å². The van der Waals surface area contributed by atoms with Gasteiger partial charge in [0.05, 0.1) is 57.2 Å². The standard InChI is InChI=1S/C46H59N21O11/c68-17-37(67-40(71)30-2-1-3-53-30)39(70)54-16-38(69)61-31(4-24-10-47-18-55-24)41(72)62-32(5-25-11-48-19-56-25)42(73)63-33(6-26-12-49-20-57-26)43(74)64-34(7-27-13-50-21-58-27)44(75)65-35(8-28-14-51-22-59-28)45(76)66-36(46(77)78)9-29-15-52-23-60-29/h10-15,18-23,30-37,53,68H,1-9,16-17H2,(H,47,55)(H,48,56)(H,49,57)(H,50,58)(H,51,59)(H,52,60)(H,54,70)(H,61,69)(H,62,72)(H,63,73)(H,64,74)(H,65,75)(H,66,76)(H,67,71)(H,77,78). The van der Waals surface area contributed by atoms with Gasteiger partial charge in [-0.15, -0.1) is 0 Å². The van der Waals surface area contributed by atoms with Gasteiger partial charge in [0.25, 0.3) is 0 Å². The Labute approximate surface area is 441 Å². The summed E-state index contributed by atoms with van der Waals surface area (Å²) in [7, 11) is 0. The molecule has 8 unspecified atom stereocenters. The molecule has 78 heavy (non-hydrogen) atoms. The van der Waals surface area contributed by atoms with Crippen LogP contribution in [0.1, 0.15) is 47.0 Å². The van der Waals surface area contributed by atoms with Gasteiger partial charge in [-0.1, -0.05) is 0 Å². The Morgan fingerprint density at radius 1 is 0.449 bits per heavy atom. The van der Waals surface area contributed by atoms with E-state index in [0.717, 1.165) is 6.42 Å². The number of nitrogens with zero attached hydrogens (tertiary/aromatic N) is 6. The van der Waals surface area contributed by atoms with Crippen molar-refractivity contribution in [3.05, 3.63) is 109 Å². The van der Waals surface area contributed by atoms with Crippen LogP contribution in [-0.4, -0.2) is 191 Å². The third kappa shape index (κ3) is 16.7. The Hall–Kier alpha value is -9.59. The number of carboxylic acids is 1. The average Bonchev–Trinajstić information content (AvgIpc) is 4.28. The molecule has 0 aromatic carbocycles. The highest BCUT2D eigenvalue weighted by Gasteiger charge is 2.35. The molecule has 1 fully saturated rings. The fourth-order valence-corrected chi connectivity index (χ4v) is 8.22. The summed E-state index contributed by atoms with van der Waals surface area (Å²) < 4.78 is 0. The lowest BCUT2D eigenvalue weighted by Gasteiger charge is -2.27. The molecular formula is C46H59N21O11. The molecule has 1 saturated heterocycles. The summed E-state index contributed by atoms with van der Waals surface area (Å²) in [6, 6.07) is -10.6. The Morgan fingerprint density at radius 2 is 0.769 bits per heavy atom. The molecule has 1 aliphatic heterocycles. The minimum absolute atomic E-state index is 0.168. The number of nitrogens with one attached hydrogen (secondary N) is 15. The van der Waals surface area contributed by atoms with Crippen LogP contribution in [-0.2, 0) is 81.7 Å². The second kappa shape index (κ2) is 27.8. The lowest BCUT2D eigenvalue weighted by molar-refractivity contribution is -0.142. The van der Waals surface area contributed by atoms with Crippen LogP contribution in [0, 0.1) is 0 Å². The van der Waals surface area contributed by atoms with Crippen molar-refractivity contribution in [3.63, 3.8) is 0 Å². The van der Waals surface area contributed by atoms with Gasteiger partial charge in [0.15, 0.2) is 0 Å². The van der Waals surface area contributed by atoms with Crippen molar-refractivity contribution in [1.29, 1.82) is 0 Å². The van der Waals surface area contributed by atoms with E-state index in [2.05, 4.69) is 108 Å². The van der Waals surface area contributed by atoms with Crippen LogP contribution in [0.5, 0.6) is 0 Å². The van der Waals surface area contributed by atoms with Crippen molar-refractivity contribution in [2.45, 2.75) is 99.7 Å². The number of carbonyl (C=O) groups excluding carboxylic acids is 8. The number of hydrogen-bond donors (Lipinski definition) is 17. The van der Waals surface area contributed by atoms with Crippen LogP contribution in [0.2, 0.25) is 0 Å². The summed E-state index contributed by atoms with van der Waals surface area (Å²) in [6.45, 7) is -0.827. The first kappa shape index (κ1) is 56.1. The smallest absolute Gasteiger partial charge is 0.326 e. The minimum Gasteiger partial charge on any atom is -0.480 e. The lowest BCUT2D eigenvalue weighted by atomic mass is 10.0. The molecule has 0 bridgehead atoms. The zero-order valence-electron chi connectivity index (χ0n) is 41.6. The van der Waals surface area contributed by atoms with E-state index in [1.807, 2.05) is 0 Å². The molecule has 0 saturated carbocycles. The second-order valence-corrected chi connectivity index (χ2v) is 18.1. The van der Waals surface area contributed by atoms with Crippen molar-refractivity contribution in [1.82, 2.24) is 108 Å². The van der Waals surface area contributed by atoms with E-state index >= 15 is 0 Å². The predicted octanol–water partition coefficient (Wildman–Crippen LogP) is -5.88. The monoisotopic (exact) mass is 1080 g/mol. The summed E-state index contributed by atoms with van der Waals surface area (Å²) in [5, 5.41) is 43.3. The van der Waals surface area contributed by atoms with Crippen molar-refractivity contribution in [2.24, 2.45) is 0 Å². The molecule has 0 spiro atoms. The summed E-state index contributed by atoms with van der Waals surface area (Å²) in [4.78, 5) is 164.